The molecule has 0 aliphatic heterocycles. The van der Waals surface area contributed by atoms with Crippen molar-refractivity contribution < 1.29 is 9.84 Å². The van der Waals surface area contributed by atoms with Crippen LogP contribution in [0.5, 0.6) is 0 Å². The highest BCUT2D eigenvalue weighted by Crippen LogP contribution is 2.06. The molecule has 0 amide bonds. The van der Waals surface area contributed by atoms with Crippen LogP contribution in [0.3, 0.4) is 0 Å². The number of hydrogen-bond acceptors (Lipinski definition) is 2. The fraction of sp³-hybridized carbons (Fsp3) is 0.778. The van der Waals surface area contributed by atoms with Crippen molar-refractivity contribution in [2.45, 2.75) is 26.9 Å². The molecule has 2 unspecified atom stereocenters. The van der Waals surface area contributed by atoms with Gasteiger partial charge < -0.3 is 9.84 Å². The van der Waals surface area contributed by atoms with Crippen molar-refractivity contribution in [1.82, 2.24) is 0 Å². The molecule has 0 heterocycles. The summed E-state index contributed by atoms with van der Waals surface area (Å²) in [5, 5.41) is 9.13. The average molecular weight is 158 g/mol. The lowest BCUT2D eigenvalue weighted by Gasteiger charge is -2.08. The van der Waals surface area contributed by atoms with Crippen molar-refractivity contribution >= 4 is 0 Å². The van der Waals surface area contributed by atoms with E-state index in [1.807, 2.05) is 13.0 Å². The number of aliphatic hydroxyl groups excluding tert-OH is 1. The second-order valence-electron chi connectivity index (χ2n) is 3.02. The average Bonchev–Trinajstić information content (AvgIpc) is 1.87. The molecule has 0 rings (SSSR count). The summed E-state index contributed by atoms with van der Waals surface area (Å²) in [5.41, 5.74) is 1.01. The maximum absolute atomic E-state index is 9.13. The predicted molar refractivity (Wildman–Crippen MR) is 46.5 cm³/mol. The molecule has 0 bridgehead atoms. The molecule has 0 aromatic rings. The van der Waals surface area contributed by atoms with E-state index in [0.29, 0.717) is 12.5 Å². The van der Waals surface area contributed by atoms with E-state index in [9.17, 15) is 0 Å². The second-order valence-corrected chi connectivity index (χ2v) is 3.02. The monoisotopic (exact) mass is 158 g/mol. The zero-order valence-electron chi connectivity index (χ0n) is 7.79. The van der Waals surface area contributed by atoms with Crippen LogP contribution in [0.15, 0.2) is 11.6 Å². The van der Waals surface area contributed by atoms with E-state index in [-0.39, 0.29) is 6.10 Å². The van der Waals surface area contributed by atoms with Gasteiger partial charge in [0, 0.05) is 7.11 Å². The molecule has 2 nitrogen and oxygen atoms in total. The first-order valence-electron chi connectivity index (χ1n) is 3.93. The Balaban J connectivity index is 3.86. The van der Waals surface area contributed by atoms with Crippen LogP contribution in [-0.2, 0) is 4.74 Å². The Hall–Kier alpha value is -0.340. The Morgan fingerprint density at radius 1 is 1.55 bits per heavy atom. The summed E-state index contributed by atoms with van der Waals surface area (Å²) >= 11 is 0. The minimum absolute atomic E-state index is 0.339. The van der Waals surface area contributed by atoms with Gasteiger partial charge in [-0.1, -0.05) is 13.0 Å². The smallest absolute Gasteiger partial charge is 0.0719 e. The van der Waals surface area contributed by atoms with Crippen LogP contribution in [0, 0.1) is 5.92 Å². The molecule has 1 N–H and O–H groups in total. The third kappa shape index (κ3) is 4.99. The number of rotatable bonds is 4. The van der Waals surface area contributed by atoms with Gasteiger partial charge in [-0.15, -0.1) is 0 Å². The summed E-state index contributed by atoms with van der Waals surface area (Å²) in [6.45, 7) is 6.47. The van der Waals surface area contributed by atoms with Crippen LogP contribution < -0.4 is 0 Å². The van der Waals surface area contributed by atoms with Crippen LogP contribution in [-0.4, -0.2) is 24.9 Å². The fourth-order valence-corrected chi connectivity index (χ4v) is 0.899. The summed E-state index contributed by atoms with van der Waals surface area (Å²) in [5.74, 6) is 0.384. The van der Waals surface area contributed by atoms with Crippen molar-refractivity contribution in [1.29, 1.82) is 0 Å². The van der Waals surface area contributed by atoms with E-state index in [0.717, 1.165) is 5.57 Å². The zero-order valence-corrected chi connectivity index (χ0v) is 7.79. The van der Waals surface area contributed by atoms with E-state index in [1.165, 1.54) is 0 Å². The Morgan fingerprint density at radius 3 is 2.45 bits per heavy atom. The van der Waals surface area contributed by atoms with E-state index in [1.54, 1.807) is 14.0 Å². The summed E-state index contributed by atoms with van der Waals surface area (Å²) < 4.78 is 4.96. The normalized spacial score (nSPS) is 18.1. The predicted octanol–water partition coefficient (Wildman–Crippen LogP) is 1.60. The molecule has 0 spiro atoms. The Bertz CT molecular complexity index is 128. The standard InChI is InChI=1S/C9H18O2/c1-7(6-11-4)5-8(2)9(3)10/h5,7,9-10H,6H2,1-4H3/b8-5-. The van der Waals surface area contributed by atoms with Gasteiger partial charge >= 0.3 is 0 Å². The van der Waals surface area contributed by atoms with E-state index in [2.05, 4.69) is 6.92 Å². The van der Waals surface area contributed by atoms with Crippen LogP contribution in [0.4, 0.5) is 0 Å². The lowest BCUT2D eigenvalue weighted by Crippen LogP contribution is -2.06. The summed E-state index contributed by atoms with van der Waals surface area (Å²) in [4.78, 5) is 0. The van der Waals surface area contributed by atoms with Crippen LogP contribution in [0.1, 0.15) is 20.8 Å². The molecular formula is C9H18O2. The number of methoxy groups -OCH3 is 1. The summed E-state index contributed by atoms with van der Waals surface area (Å²) in [6, 6.07) is 0. The minimum Gasteiger partial charge on any atom is -0.389 e. The summed E-state index contributed by atoms with van der Waals surface area (Å²) in [7, 11) is 1.68. The van der Waals surface area contributed by atoms with E-state index >= 15 is 0 Å². The third-order valence-electron chi connectivity index (χ3n) is 1.64. The van der Waals surface area contributed by atoms with Crippen LogP contribution in [0.2, 0.25) is 0 Å². The highest BCUT2D eigenvalue weighted by molar-refractivity contribution is 5.04. The lowest BCUT2D eigenvalue weighted by atomic mass is 10.1. The molecule has 0 saturated carbocycles. The molecule has 0 aromatic heterocycles. The molecule has 66 valence electrons. The van der Waals surface area contributed by atoms with Crippen LogP contribution in [0.25, 0.3) is 0 Å². The first kappa shape index (κ1) is 10.7. The maximum atomic E-state index is 9.13. The van der Waals surface area contributed by atoms with Crippen molar-refractivity contribution in [3.05, 3.63) is 11.6 Å². The molecule has 11 heavy (non-hydrogen) atoms. The van der Waals surface area contributed by atoms with Gasteiger partial charge in [0.1, 0.15) is 0 Å². The summed E-state index contributed by atoms with van der Waals surface area (Å²) in [6.07, 6.45) is 1.70. The largest absolute Gasteiger partial charge is 0.389 e. The molecule has 2 atom stereocenters. The van der Waals surface area contributed by atoms with Gasteiger partial charge in [0.2, 0.25) is 0 Å². The molecule has 0 aromatic carbocycles. The maximum Gasteiger partial charge on any atom is 0.0719 e. The van der Waals surface area contributed by atoms with Crippen molar-refractivity contribution in [2.24, 2.45) is 5.92 Å². The van der Waals surface area contributed by atoms with Crippen molar-refractivity contribution in [2.75, 3.05) is 13.7 Å². The van der Waals surface area contributed by atoms with Gasteiger partial charge in [-0.05, 0) is 25.3 Å². The fourth-order valence-electron chi connectivity index (χ4n) is 0.899. The lowest BCUT2D eigenvalue weighted by molar-refractivity contribution is 0.174. The quantitative estimate of drug-likeness (QED) is 0.630. The van der Waals surface area contributed by atoms with Gasteiger partial charge in [-0.25, -0.2) is 0 Å². The van der Waals surface area contributed by atoms with Gasteiger partial charge in [0.25, 0.3) is 0 Å². The second kappa shape index (κ2) is 5.33. The molecule has 0 radical (unpaired) electrons. The molecule has 2 heteroatoms. The molecular weight excluding hydrogens is 140 g/mol. The zero-order chi connectivity index (χ0) is 8.85. The molecule has 0 aliphatic carbocycles. The topological polar surface area (TPSA) is 29.5 Å². The minimum atomic E-state index is -0.339. The molecule has 0 aliphatic rings. The van der Waals surface area contributed by atoms with Gasteiger partial charge in [0.05, 0.1) is 12.7 Å². The Morgan fingerprint density at radius 2 is 2.09 bits per heavy atom. The van der Waals surface area contributed by atoms with Gasteiger partial charge in [0.15, 0.2) is 0 Å². The first-order chi connectivity index (χ1) is 5.07. The van der Waals surface area contributed by atoms with Gasteiger partial charge in [-0.3, -0.25) is 0 Å². The van der Waals surface area contributed by atoms with E-state index in [4.69, 9.17) is 9.84 Å². The number of hydrogen-bond donors (Lipinski definition) is 1. The SMILES string of the molecule is COCC(C)/C=C(/C)C(C)O. The number of aliphatic hydroxyl groups is 1. The highest BCUT2D eigenvalue weighted by atomic mass is 16.5. The molecule has 0 saturated heterocycles. The van der Waals surface area contributed by atoms with Crippen molar-refractivity contribution in [3.8, 4) is 0 Å². The van der Waals surface area contributed by atoms with Gasteiger partial charge in [-0.2, -0.15) is 0 Å². The number of ether oxygens (including phenoxy) is 1. The Kier molecular flexibility index (Phi) is 5.16. The third-order valence-corrected chi connectivity index (χ3v) is 1.64. The van der Waals surface area contributed by atoms with Crippen molar-refractivity contribution in [3.63, 3.8) is 0 Å². The van der Waals surface area contributed by atoms with E-state index < -0.39 is 0 Å². The first-order valence-corrected chi connectivity index (χ1v) is 3.93. The molecule has 0 fully saturated rings. The Labute approximate surface area is 68.9 Å². The van der Waals surface area contributed by atoms with Crippen LogP contribution >= 0.6 is 0 Å². The highest BCUT2D eigenvalue weighted by Gasteiger charge is 2.01.